The second-order valence-corrected chi connectivity index (χ2v) is 11.2. The monoisotopic (exact) mass is 607 g/mol. The number of terminal acetylenes is 1. The van der Waals surface area contributed by atoms with Crippen LogP contribution in [0.1, 0.15) is 41.9 Å². The molecule has 3 aromatic carbocycles. The number of urea groups is 1. The summed E-state index contributed by atoms with van der Waals surface area (Å²) in [5.41, 5.74) is 3.10. The Balaban J connectivity index is 1.44. The standard InChI is InChI=1S/C35H37N5O5/c1-2-21-38-25-32(41)39-30(18-19-33(42)43)34(44)37(24-31(39)40(38)35(45)36-23-26-12-6-3-7-13-26)22-20-29(27-14-8-4-9-15-27)28-16-10-5-11-17-28/h1,3-17,29-31H,18-25H2,(H,36,45)(H,42,43)/t30-,31-/m0/s1. The number of carbonyl (C=O) groups excluding carboxylic acids is 3. The van der Waals surface area contributed by atoms with Gasteiger partial charge in [0.2, 0.25) is 11.8 Å². The Labute approximate surface area is 263 Å². The number of aliphatic carboxylic acids is 1. The van der Waals surface area contributed by atoms with Gasteiger partial charge < -0.3 is 20.2 Å². The van der Waals surface area contributed by atoms with Crippen molar-refractivity contribution in [3.05, 3.63) is 108 Å². The molecule has 5 rings (SSSR count). The van der Waals surface area contributed by atoms with Crippen LogP contribution in [0.5, 0.6) is 0 Å². The third-order valence-corrected chi connectivity index (χ3v) is 8.32. The number of nitrogens with zero attached hydrogens (tertiary/aromatic N) is 4. The quantitative estimate of drug-likeness (QED) is 0.323. The SMILES string of the molecule is C#CCN1CC(=O)N2[C@@H](CCC(=O)O)C(=O)N(CCC(c3ccccc3)c3ccccc3)C[C@@H]2N1C(=O)NCc1ccccc1. The third kappa shape index (κ3) is 7.33. The zero-order valence-electron chi connectivity index (χ0n) is 25.0. The number of hydrogen-bond donors (Lipinski definition) is 2. The van der Waals surface area contributed by atoms with Crippen LogP contribution in [0, 0.1) is 12.3 Å². The number of hydrazine groups is 1. The largest absolute Gasteiger partial charge is 0.481 e. The van der Waals surface area contributed by atoms with Crippen LogP contribution in [0.15, 0.2) is 91.0 Å². The van der Waals surface area contributed by atoms with Gasteiger partial charge in [0.15, 0.2) is 0 Å². The van der Waals surface area contributed by atoms with E-state index in [4.69, 9.17) is 6.42 Å². The lowest BCUT2D eigenvalue weighted by Gasteiger charge is -2.55. The number of carbonyl (C=O) groups is 4. The van der Waals surface area contributed by atoms with Crippen molar-refractivity contribution in [3.8, 4) is 12.3 Å². The van der Waals surface area contributed by atoms with Gasteiger partial charge in [-0.15, -0.1) is 6.42 Å². The fourth-order valence-electron chi connectivity index (χ4n) is 6.21. The summed E-state index contributed by atoms with van der Waals surface area (Å²) in [4.78, 5) is 56.0. The Morgan fingerprint density at radius 1 is 0.933 bits per heavy atom. The molecule has 10 heteroatoms. The number of benzene rings is 3. The highest BCUT2D eigenvalue weighted by Gasteiger charge is 2.51. The minimum atomic E-state index is -1.07. The van der Waals surface area contributed by atoms with Gasteiger partial charge in [0.1, 0.15) is 12.2 Å². The van der Waals surface area contributed by atoms with Crippen LogP contribution in [0.2, 0.25) is 0 Å². The maximum Gasteiger partial charge on any atom is 0.334 e. The molecule has 2 fully saturated rings. The van der Waals surface area contributed by atoms with Crippen LogP contribution in [-0.2, 0) is 20.9 Å². The van der Waals surface area contributed by atoms with Gasteiger partial charge in [-0.05, 0) is 29.5 Å². The van der Waals surface area contributed by atoms with Crippen LogP contribution in [-0.4, -0.2) is 87.1 Å². The van der Waals surface area contributed by atoms with Crippen molar-refractivity contribution in [2.75, 3.05) is 26.2 Å². The molecule has 2 saturated heterocycles. The van der Waals surface area contributed by atoms with E-state index < -0.39 is 24.2 Å². The van der Waals surface area contributed by atoms with Crippen molar-refractivity contribution in [1.82, 2.24) is 25.1 Å². The van der Waals surface area contributed by atoms with Crippen molar-refractivity contribution >= 4 is 23.8 Å². The number of nitrogens with one attached hydrogen (secondary N) is 1. The first-order chi connectivity index (χ1) is 21.9. The van der Waals surface area contributed by atoms with Crippen molar-refractivity contribution in [1.29, 1.82) is 0 Å². The predicted octanol–water partition coefficient (Wildman–Crippen LogP) is 3.51. The fourth-order valence-corrected chi connectivity index (χ4v) is 6.21. The van der Waals surface area contributed by atoms with Gasteiger partial charge in [0, 0.05) is 25.4 Å². The first-order valence-electron chi connectivity index (χ1n) is 15.1. The summed E-state index contributed by atoms with van der Waals surface area (Å²) in [6.07, 6.45) is 5.00. The van der Waals surface area contributed by atoms with Crippen LogP contribution < -0.4 is 5.32 Å². The van der Waals surface area contributed by atoms with Gasteiger partial charge in [-0.3, -0.25) is 14.4 Å². The van der Waals surface area contributed by atoms with Gasteiger partial charge in [-0.25, -0.2) is 9.80 Å². The summed E-state index contributed by atoms with van der Waals surface area (Å²) in [5, 5.41) is 15.4. The molecular formula is C35H37N5O5. The Bertz CT molecular complexity index is 1490. The number of carboxylic acid groups (broad SMARTS) is 1. The van der Waals surface area contributed by atoms with Crippen LogP contribution in [0.3, 0.4) is 0 Å². The summed E-state index contributed by atoms with van der Waals surface area (Å²) in [6, 6.07) is 28.0. The zero-order valence-corrected chi connectivity index (χ0v) is 25.0. The fraction of sp³-hybridized carbons (Fsp3) is 0.314. The molecule has 0 saturated carbocycles. The highest BCUT2D eigenvalue weighted by atomic mass is 16.4. The molecule has 2 aliphatic heterocycles. The maximum absolute atomic E-state index is 14.0. The molecule has 0 radical (unpaired) electrons. The Kier molecular flexibility index (Phi) is 10.1. The van der Waals surface area contributed by atoms with Crippen molar-refractivity contribution in [3.63, 3.8) is 0 Å². The zero-order chi connectivity index (χ0) is 31.8. The molecule has 0 aromatic heterocycles. The van der Waals surface area contributed by atoms with E-state index in [1.165, 1.54) is 14.9 Å². The molecule has 45 heavy (non-hydrogen) atoms. The highest BCUT2D eigenvalue weighted by molar-refractivity contribution is 5.91. The molecule has 3 aromatic rings. The number of rotatable bonds is 11. The highest BCUT2D eigenvalue weighted by Crippen LogP contribution is 2.32. The number of fused-ring (bicyclic) bond motifs is 1. The summed E-state index contributed by atoms with van der Waals surface area (Å²) in [7, 11) is 0. The molecule has 232 valence electrons. The lowest BCUT2D eigenvalue weighted by molar-refractivity contribution is -0.189. The molecule has 0 bridgehead atoms. The minimum Gasteiger partial charge on any atom is -0.481 e. The number of piperazine rings is 1. The lowest BCUT2D eigenvalue weighted by atomic mass is 9.88. The van der Waals surface area contributed by atoms with Gasteiger partial charge in [-0.2, -0.15) is 5.01 Å². The maximum atomic E-state index is 14.0. The molecule has 4 amide bonds. The predicted molar refractivity (Wildman–Crippen MR) is 168 cm³/mol. The normalized spacial score (nSPS) is 18.4. The smallest absolute Gasteiger partial charge is 0.334 e. The topological polar surface area (TPSA) is 114 Å². The van der Waals surface area contributed by atoms with E-state index in [0.717, 1.165) is 16.7 Å². The Morgan fingerprint density at radius 3 is 2.11 bits per heavy atom. The average Bonchev–Trinajstić information content (AvgIpc) is 3.05. The first kappa shape index (κ1) is 31.3. The summed E-state index contributed by atoms with van der Waals surface area (Å²) in [5.74, 6) is 0.758. The first-order valence-corrected chi connectivity index (χ1v) is 15.1. The molecule has 0 unspecified atom stereocenters. The molecule has 2 aliphatic rings. The van der Waals surface area contributed by atoms with E-state index in [1.807, 2.05) is 66.7 Å². The number of hydrogen-bond acceptors (Lipinski definition) is 5. The van der Waals surface area contributed by atoms with E-state index in [1.54, 1.807) is 4.90 Å². The summed E-state index contributed by atoms with van der Waals surface area (Å²) in [6.45, 7) is 0.447. The second kappa shape index (κ2) is 14.6. The van der Waals surface area contributed by atoms with E-state index in [9.17, 15) is 24.3 Å². The van der Waals surface area contributed by atoms with E-state index in [2.05, 4.69) is 35.5 Å². The van der Waals surface area contributed by atoms with Gasteiger partial charge >= 0.3 is 12.0 Å². The molecule has 2 heterocycles. The number of carboxylic acids is 1. The van der Waals surface area contributed by atoms with E-state index in [0.29, 0.717) is 13.0 Å². The van der Waals surface area contributed by atoms with Crippen LogP contribution in [0.4, 0.5) is 4.79 Å². The lowest BCUT2D eigenvalue weighted by Crippen LogP contribution is -2.76. The third-order valence-electron chi connectivity index (χ3n) is 8.32. The van der Waals surface area contributed by atoms with Gasteiger partial charge in [0.05, 0.1) is 19.6 Å². The van der Waals surface area contributed by atoms with Crippen molar-refractivity contribution < 1.29 is 24.3 Å². The van der Waals surface area contributed by atoms with Crippen LogP contribution in [0.25, 0.3) is 0 Å². The van der Waals surface area contributed by atoms with E-state index >= 15 is 0 Å². The van der Waals surface area contributed by atoms with Gasteiger partial charge in [0.25, 0.3) is 0 Å². The Hall–Kier alpha value is -5.14. The molecule has 0 spiro atoms. The van der Waals surface area contributed by atoms with Gasteiger partial charge in [-0.1, -0.05) is 96.9 Å². The molecule has 2 atom stereocenters. The molecule has 0 aliphatic carbocycles. The van der Waals surface area contributed by atoms with E-state index in [-0.39, 0.29) is 56.8 Å². The second-order valence-electron chi connectivity index (χ2n) is 11.2. The summed E-state index contributed by atoms with van der Waals surface area (Å²) < 4.78 is 0. The minimum absolute atomic E-state index is 0.00661. The molecular weight excluding hydrogens is 570 g/mol. The average molecular weight is 608 g/mol. The molecule has 2 N–H and O–H groups in total. The number of amides is 4. The van der Waals surface area contributed by atoms with Crippen LogP contribution >= 0.6 is 0 Å². The summed E-state index contributed by atoms with van der Waals surface area (Å²) >= 11 is 0. The Morgan fingerprint density at radius 2 is 1.53 bits per heavy atom. The van der Waals surface area contributed by atoms with Crippen molar-refractivity contribution in [2.45, 2.75) is 43.9 Å². The van der Waals surface area contributed by atoms with Crippen molar-refractivity contribution in [2.24, 2.45) is 0 Å². The molecule has 10 nitrogen and oxygen atoms in total.